The first-order chi connectivity index (χ1) is 8.26. The molecule has 90 valence electrons. The lowest BCUT2D eigenvalue weighted by Crippen LogP contribution is -2.06. The van der Waals surface area contributed by atoms with Crippen molar-refractivity contribution < 1.29 is 0 Å². The third-order valence-corrected chi connectivity index (χ3v) is 3.48. The van der Waals surface area contributed by atoms with Crippen LogP contribution < -0.4 is 0 Å². The minimum absolute atomic E-state index is 0.813. The maximum atomic E-state index is 5.33. The largest absolute Gasteiger partial charge is 0.337 e. The van der Waals surface area contributed by atoms with Crippen LogP contribution in [0.15, 0.2) is 30.5 Å². The number of hydrogen-bond donors (Lipinski definition) is 1. The SMILES string of the molecule is CCc1ccccc1Cn1c(CC)c[nH]c1=S. The molecule has 0 aliphatic rings. The van der Waals surface area contributed by atoms with Gasteiger partial charge in [0.2, 0.25) is 0 Å². The van der Waals surface area contributed by atoms with Crippen molar-refractivity contribution in [1.29, 1.82) is 0 Å². The number of aromatic nitrogens is 2. The van der Waals surface area contributed by atoms with Gasteiger partial charge in [-0.05, 0) is 36.2 Å². The van der Waals surface area contributed by atoms with Crippen molar-refractivity contribution in [2.45, 2.75) is 33.2 Å². The monoisotopic (exact) mass is 246 g/mol. The molecule has 2 rings (SSSR count). The minimum atomic E-state index is 0.813. The molecule has 0 unspecified atom stereocenters. The Hall–Kier alpha value is -1.35. The summed E-state index contributed by atoms with van der Waals surface area (Å²) in [6, 6.07) is 8.57. The molecule has 2 aromatic rings. The third kappa shape index (κ3) is 2.50. The zero-order valence-electron chi connectivity index (χ0n) is 10.4. The molecule has 1 aromatic carbocycles. The van der Waals surface area contributed by atoms with Gasteiger partial charge < -0.3 is 9.55 Å². The summed E-state index contributed by atoms with van der Waals surface area (Å²) in [5.74, 6) is 0. The molecule has 0 fully saturated rings. The second kappa shape index (κ2) is 5.32. The summed E-state index contributed by atoms with van der Waals surface area (Å²) < 4.78 is 3.00. The summed E-state index contributed by atoms with van der Waals surface area (Å²) in [6.07, 6.45) is 4.08. The van der Waals surface area contributed by atoms with Crippen molar-refractivity contribution in [1.82, 2.24) is 9.55 Å². The lowest BCUT2D eigenvalue weighted by Gasteiger charge is -2.10. The second-order valence-corrected chi connectivity index (χ2v) is 4.53. The highest BCUT2D eigenvalue weighted by Crippen LogP contribution is 2.13. The summed E-state index contributed by atoms with van der Waals surface area (Å²) in [7, 11) is 0. The van der Waals surface area contributed by atoms with Gasteiger partial charge in [0.05, 0.1) is 6.54 Å². The Kier molecular flexibility index (Phi) is 3.79. The second-order valence-electron chi connectivity index (χ2n) is 4.15. The molecule has 0 saturated heterocycles. The summed E-state index contributed by atoms with van der Waals surface area (Å²) >= 11 is 5.33. The fraction of sp³-hybridized carbons (Fsp3) is 0.357. The maximum absolute atomic E-state index is 5.33. The van der Waals surface area contributed by atoms with Crippen LogP contribution in [0.2, 0.25) is 0 Å². The smallest absolute Gasteiger partial charge is 0.177 e. The van der Waals surface area contributed by atoms with E-state index in [1.54, 1.807) is 0 Å². The standard InChI is InChI=1S/C14H18N2S/c1-3-11-7-5-6-8-12(11)10-16-13(4-2)9-15-14(16)17/h5-9H,3-4,10H2,1-2H3,(H,15,17). The van der Waals surface area contributed by atoms with E-state index in [1.807, 2.05) is 6.20 Å². The van der Waals surface area contributed by atoms with Gasteiger partial charge in [-0.1, -0.05) is 38.1 Å². The molecule has 1 heterocycles. The van der Waals surface area contributed by atoms with Crippen molar-refractivity contribution in [3.63, 3.8) is 0 Å². The highest BCUT2D eigenvalue weighted by atomic mass is 32.1. The highest BCUT2D eigenvalue weighted by Gasteiger charge is 2.05. The predicted molar refractivity (Wildman–Crippen MR) is 73.9 cm³/mol. The highest BCUT2D eigenvalue weighted by molar-refractivity contribution is 7.71. The number of hydrogen-bond acceptors (Lipinski definition) is 1. The molecule has 0 aliphatic carbocycles. The molecule has 1 N–H and O–H groups in total. The van der Waals surface area contributed by atoms with Crippen molar-refractivity contribution in [2.75, 3.05) is 0 Å². The molecule has 0 radical (unpaired) electrons. The van der Waals surface area contributed by atoms with E-state index in [2.05, 4.69) is 47.7 Å². The van der Waals surface area contributed by atoms with Gasteiger partial charge in [-0.2, -0.15) is 0 Å². The van der Waals surface area contributed by atoms with Gasteiger partial charge >= 0.3 is 0 Å². The van der Waals surface area contributed by atoms with Crippen LogP contribution >= 0.6 is 12.2 Å². The number of imidazole rings is 1. The normalized spacial score (nSPS) is 10.7. The van der Waals surface area contributed by atoms with Crippen LogP contribution in [-0.2, 0) is 19.4 Å². The number of nitrogens with one attached hydrogen (secondary N) is 1. The molecule has 0 saturated carbocycles. The summed E-state index contributed by atoms with van der Waals surface area (Å²) in [4.78, 5) is 3.12. The van der Waals surface area contributed by atoms with E-state index in [9.17, 15) is 0 Å². The van der Waals surface area contributed by atoms with Crippen molar-refractivity contribution in [2.24, 2.45) is 0 Å². The van der Waals surface area contributed by atoms with Gasteiger partial charge in [-0.3, -0.25) is 0 Å². The first-order valence-electron chi connectivity index (χ1n) is 6.10. The van der Waals surface area contributed by atoms with Gasteiger partial charge in [0.15, 0.2) is 4.77 Å². The van der Waals surface area contributed by atoms with Crippen molar-refractivity contribution in [3.8, 4) is 0 Å². The third-order valence-electron chi connectivity index (χ3n) is 3.14. The topological polar surface area (TPSA) is 20.7 Å². The number of H-pyrrole nitrogens is 1. The van der Waals surface area contributed by atoms with Crippen LogP contribution in [0.4, 0.5) is 0 Å². The van der Waals surface area contributed by atoms with Crippen LogP contribution in [-0.4, -0.2) is 9.55 Å². The lowest BCUT2D eigenvalue weighted by molar-refractivity contribution is 0.729. The Morgan fingerprint density at radius 2 is 1.82 bits per heavy atom. The minimum Gasteiger partial charge on any atom is -0.337 e. The maximum Gasteiger partial charge on any atom is 0.177 e. The quantitative estimate of drug-likeness (QED) is 0.815. The van der Waals surface area contributed by atoms with Crippen LogP contribution in [0.3, 0.4) is 0 Å². The molecule has 0 amide bonds. The van der Waals surface area contributed by atoms with E-state index in [0.29, 0.717) is 0 Å². The van der Waals surface area contributed by atoms with E-state index in [0.717, 1.165) is 24.2 Å². The fourth-order valence-corrected chi connectivity index (χ4v) is 2.37. The molecule has 0 spiro atoms. The van der Waals surface area contributed by atoms with Gasteiger partial charge in [0.25, 0.3) is 0 Å². The molecular formula is C14H18N2S. The Bertz CT molecular complexity index is 551. The van der Waals surface area contributed by atoms with E-state index < -0.39 is 0 Å². The zero-order chi connectivity index (χ0) is 12.3. The fourth-order valence-electron chi connectivity index (χ4n) is 2.12. The number of aryl methyl sites for hydroxylation is 2. The molecule has 0 atom stereocenters. The van der Waals surface area contributed by atoms with E-state index >= 15 is 0 Å². The number of rotatable bonds is 4. The zero-order valence-corrected chi connectivity index (χ0v) is 11.2. The molecule has 0 aliphatic heterocycles. The molecule has 3 heteroatoms. The lowest BCUT2D eigenvalue weighted by atomic mass is 10.1. The summed E-state index contributed by atoms with van der Waals surface area (Å²) in [6.45, 7) is 5.21. The first-order valence-corrected chi connectivity index (χ1v) is 6.51. The van der Waals surface area contributed by atoms with E-state index in [4.69, 9.17) is 12.2 Å². The summed E-state index contributed by atoms with van der Waals surface area (Å²) in [5.41, 5.74) is 4.03. The average Bonchev–Trinajstić information content (AvgIpc) is 2.71. The van der Waals surface area contributed by atoms with Crippen LogP contribution in [0.5, 0.6) is 0 Å². The molecule has 2 nitrogen and oxygen atoms in total. The summed E-state index contributed by atoms with van der Waals surface area (Å²) in [5, 5.41) is 0. The first kappa shape index (κ1) is 12.1. The van der Waals surface area contributed by atoms with E-state index in [-0.39, 0.29) is 0 Å². The molecule has 17 heavy (non-hydrogen) atoms. The predicted octanol–water partition coefficient (Wildman–Crippen LogP) is 3.72. The Morgan fingerprint density at radius 1 is 1.12 bits per heavy atom. The van der Waals surface area contributed by atoms with Crippen molar-refractivity contribution >= 4 is 12.2 Å². The van der Waals surface area contributed by atoms with Crippen LogP contribution in [0.25, 0.3) is 0 Å². The molecule has 0 bridgehead atoms. The average molecular weight is 246 g/mol. The number of benzene rings is 1. The van der Waals surface area contributed by atoms with Crippen molar-refractivity contribution in [3.05, 3.63) is 52.1 Å². The Balaban J connectivity index is 2.37. The molecule has 1 aromatic heterocycles. The number of aromatic amines is 1. The van der Waals surface area contributed by atoms with Gasteiger partial charge in [0.1, 0.15) is 0 Å². The Morgan fingerprint density at radius 3 is 2.47 bits per heavy atom. The van der Waals surface area contributed by atoms with Gasteiger partial charge in [0, 0.05) is 11.9 Å². The van der Waals surface area contributed by atoms with E-state index in [1.165, 1.54) is 16.8 Å². The van der Waals surface area contributed by atoms with Crippen LogP contribution in [0, 0.1) is 4.77 Å². The van der Waals surface area contributed by atoms with Crippen LogP contribution in [0.1, 0.15) is 30.7 Å². The number of nitrogens with zero attached hydrogens (tertiary/aromatic N) is 1. The van der Waals surface area contributed by atoms with Gasteiger partial charge in [-0.15, -0.1) is 0 Å². The van der Waals surface area contributed by atoms with Gasteiger partial charge in [-0.25, -0.2) is 0 Å². The molecular weight excluding hydrogens is 228 g/mol. The Labute approximate surface area is 107 Å².